The summed E-state index contributed by atoms with van der Waals surface area (Å²) < 4.78 is 11.6. The summed E-state index contributed by atoms with van der Waals surface area (Å²) in [7, 11) is 0. The van der Waals surface area contributed by atoms with Crippen molar-refractivity contribution in [2.75, 3.05) is 18.5 Å². The number of fused-ring (bicyclic) bond motifs is 1. The van der Waals surface area contributed by atoms with E-state index in [1.807, 2.05) is 105 Å². The molecule has 5 nitrogen and oxygen atoms in total. The average Bonchev–Trinajstić information content (AvgIpc) is 2.77. The van der Waals surface area contributed by atoms with Crippen molar-refractivity contribution < 1.29 is 14.3 Å². The molecule has 0 saturated heterocycles. The number of para-hydroxylation sites is 2. The van der Waals surface area contributed by atoms with Crippen molar-refractivity contribution in [2.45, 2.75) is 32.5 Å². The normalized spacial score (nSPS) is 17.8. The smallest absolute Gasteiger partial charge is 0.258 e. The topological polar surface area (TPSA) is 50.8 Å². The van der Waals surface area contributed by atoms with E-state index >= 15 is 0 Å². The Morgan fingerprint density at radius 3 is 2.26 bits per heavy atom. The Labute approximate surface area is 183 Å². The van der Waals surface area contributed by atoms with Crippen LogP contribution in [0.5, 0.6) is 11.5 Å². The SMILES string of the molecule is CC(C)N1C(=O)c2ccccc2NC1(C)c1cccc(OCCOc2ccccc2)c1. The molecule has 0 bridgehead atoms. The lowest BCUT2D eigenvalue weighted by molar-refractivity contribution is 0.0433. The standard InChI is InChI=1S/C26H28N2O3/c1-19(2)28-25(29)23-14-7-8-15-24(23)27-26(28,3)20-10-9-13-22(18-20)31-17-16-30-21-11-5-4-6-12-21/h4-15,18-19,27H,16-17H2,1-3H3. The molecule has 1 N–H and O–H groups in total. The first-order valence-electron chi connectivity index (χ1n) is 10.6. The van der Waals surface area contributed by atoms with Gasteiger partial charge in [-0.3, -0.25) is 4.79 Å². The van der Waals surface area contributed by atoms with Crippen molar-refractivity contribution >= 4 is 11.6 Å². The number of rotatable bonds is 7. The van der Waals surface area contributed by atoms with Gasteiger partial charge >= 0.3 is 0 Å². The number of benzene rings is 3. The van der Waals surface area contributed by atoms with Crippen molar-refractivity contribution in [1.82, 2.24) is 4.90 Å². The molecule has 1 aliphatic heterocycles. The van der Waals surface area contributed by atoms with Gasteiger partial charge in [-0.25, -0.2) is 0 Å². The van der Waals surface area contributed by atoms with Gasteiger partial charge < -0.3 is 19.7 Å². The molecule has 1 amide bonds. The molecule has 3 aromatic carbocycles. The Bertz CT molecular complexity index is 1050. The predicted octanol–water partition coefficient (Wildman–Crippen LogP) is 5.29. The van der Waals surface area contributed by atoms with E-state index in [4.69, 9.17) is 9.47 Å². The van der Waals surface area contributed by atoms with Crippen LogP contribution >= 0.6 is 0 Å². The van der Waals surface area contributed by atoms with Crippen LogP contribution in [-0.4, -0.2) is 30.1 Å². The van der Waals surface area contributed by atoms with Gasteiger partial charge in [0.25, 0.3) is 5.91 Å². The lowest BCUT2D eigenvalue weighted by Crippen LogP contribution is -2.58. The van der Waals surface area contributed by atoms with E-state index in [9.17, 15) is 4.79 Å². The van der Waals surface area contributed by atoms with Crippen LogP contribution in [0.2, 0.25) is 0 Å². The second-order valence-corrected chi connectivity index (χ2v) is 8.05. The number of hydrogen-bond acceptors (Lipinski definition) is 4. The third kappa shape index (κ3) is 4.22. The number of nitrogens with zero attached hydrogens (tertiary/aromatic N) is 1. The van der Waals surface area contributed by atoms with Crippen LogP contribution < -0.4 is 14.8 Å². The highest BCUT2D eigenvalue weighted by Gasteiger charge is 2.43. The van der Waals surface area contributed by atoms with Crippen molar-refractivity contribution in [1.29, 1.82) is 0 Å². The third-order valence-electron chi connectivity index (χ3n) is 5.51. The summed E-state index contributed by atoms with van der Waals surface area (Å²) in [5.74, 6) is 1.59. The summed E-state index contributed by atoms with van der Waals surface area (Å²) in [6.45, 7) is 6.99. The molecule has 0 saturated carbocycles. The second-order valence-electron chi connectivity index (χ2n) is 8.05. The summed E-state index contributed by atoms with van der Waals surface area (Å²) >= 11 is 0. The second kappa shape index (κ2) is 8.72. The first kappa shape index (κ1) is 20.8. The molecule has 1 heterocycles. The summed E-state index contributed by atoms with van der Waals surface area (Å²) in [5, 5.41) is 3.59. The Kier molecular flexibility index (Phi) is 5.85. The van der Waals surface area contributed by atoms with E-state index in [0.717, 1.165) is 22.7 Å². The van der Waals surface area contributed by atoms with E-state index in [0.29, 0.717) is 18.8 Å². The van der Waals surface area contributed by atoms with Crippen molar-refractivity contribution in [3.8, 4) is 11.5 Å². The van der Waals surface area contributed by atoms with Crippen molar-refractivity contribution in [2.24, 2.45) is 0 Å². The van der Waals surface area contributed by atoms with Crippen LogP contribution in [-0.2, 0) is 5.66 Å². The number of anilines is 1. The maximum absolute atomic E-state index is 13.3. The van der Waals surface area contributed by atoms with Gasteiger partial charge in [-0.1, -0.05) is 42.5 Å². The van der Waals surface area contributed by atoms with Crippen LogP contribution in [0.4, 0.5) is 5.69 Å². The quantitative estimate of drug-likeness (QED) is 0.532. The number of carbonyl (C=O) groups is 1. The van der Waals surface area contributed by atoms with Crippen LogP contribution in [0.1, 0.15) is 36.7 Å². The molecule has 0 aromatic heterocycles. The molecule has 1 unspecified atom stereocenters. The van der Waals surface area contributed by atoms with Crippen LogP contribution in [0.3, 0.4) is 0 Å². The first-order chi connectivity index (χ1) is 15.0. The lowest BCUT2D eigenvalue weighted by atomic mass is 9.92. The van der Waals surface area contributed by atoms with E-state index in [1.54, 1.807) is 0 Å². The number of hydrogen-bond donors (Lipinski definition) is 1. The van der Waals surface area contributed by atoms with E-state index in [-0.39, 0.29) is 11.9 Å². The van der Waals surface area contributed by atoms with Crippen molar-refractivity contribution in [3.05, 3.63) is 90.0 Å². The summed E-state index contributed by atoms with van der Waals surface area (Å²) in [4.78, 5) is 15.2. The molecular formula is C26H28N2O3. The number of nitrogens with one attached hydrogen (secondary N) is 1. The lowest BCUT2D eigenvalue weighted by Gasteiger charge is -2.48. The maximum atomic E-state index is 13.3. The van der Waals surface area contributed by atoms with Crippen LogP contribution in [0, 0.1) is 0 Å². The summed E-state index contributed by atoms with van der Waals surface area (Å²) in [6, 6.07) is 25.3. The Morgan fingerprint density at radius 1 is 0.871 bits per heavy atom. The molecule has 1 aliphatic rings. The van der Waals surface area contributed by atoms with Crippen LogP contribution in [0.15, 0.2) is 78.9 Å². The minimum absolute atomic E-state index is 0.0159. The molecule has 0 radical (unpaired) electrons. The number of carbonyl (C=O) groups excluding carboxylic acids is 1. The van der Waals surface area contributed by atoms with Crippen molar-refractivity contribution in [3.63, 3.8) is 0 Å². The molecule has 0 spiro atoms. The monoisotopic (exact) mass is 416 g/mol. The van der Waals surface area contributed by atoms with Gasteiger partial charge in [0.05, 0.1) is 5.56 Å². The van der Waals surface area contributed by atoms with Crippen LogP contribution in [0.25, 0.3) is 0 Å². The van der Waals surface area contributed by atoms with E-state index in [1.165, 1.54) is 0 Å². The predicted molar refractivity (Wildman–Crippen MR) is 123 cm³/mol. The fraction of sp³-hybridized carbons (Fsp3) is 0.269. The third-order valence-corrected chi connectivity index (χ3v) is 5.51. The zero-order chi connectivity index (χ0) is 21.8. The van der Waals surface area contributed by atoms with Gasteiger partial charge in [-0.2, -0.15) is 0 Å². The molecular weight excluding hydrogens is 388 g/mol. The number of ether oxygens (including phenoxy) is 2. The molecule has 1 atom stereocenters. The first-order valence-corrected chi connectivity index (χ1v) is 10.6. The van der Waals surface area contributed by atoms with Gasteiger partial charge in [0.15, 0.2) is 0 Å². The highest BCUT2D eigenvalue weighted by atomic mass is 16.5. The Morgan fingerprint density at radius 2 is 1.52 bits per heavy atom. The van der Waals surface area contributed by atoms with Gasteiger partial charge in [-0.05, 0) is 57.2 Å². The Hall–Kier alpha value is -3.47. The molecule has 3 aromatic rings. The molecule has 31 heavy (non-hydrogen) atoms. The molecule has 5 heteroatoms. The molecule has 0 aliphatic carbocycles. The summed E-state index contributed by atoms with van der Waals surface area (Å²) in [5.41, 5.74) is 1.80. The fourth-order valence-electron chi connectivity index (χ4n) is 4.12. The highest BCUT2D eigenvalue weighted by Crippen LogP contribution is 2.39. The van der Waals surface area contributed by atoms with Gasteiger partial charge in [-0.15, -0.1) is 0 Å². The maximum Gasteiger partial charge on any atom is 0.258 e. The minimum Gasteiger partial charge on any atom is -0.490 e. The van der Waals surface area contributed by atoms with E-state index < -0.39 is 5.66 Å². The minimum atomic E-state index is -0.695. The van der Waals surface area contributed by atoms with Gasteiger partial charge in [0.1, 0.15) is 30.4 Å². The molecule has 0 fully saturated rings. The average molecular weight is 417 g/mol. The summed E-state index contributed by atoms with van der Waals surface area (Å²) in [6.07, 6.45) is 0. The Balaban J connectivity index is 1.53. The molecule has 4 rings (SSSR count). The zero-order valence-electron chi connectivity index (χ0n) is 18.2. The molecule has 160 valence electrons. The van der Waals surface area contributed by atoms with Gasteiger partial charge in [0, 0.05) is 17.3 Å². The largest absolute Gasteiger partial charge is 0.490 e. The highest BCUT2D eigenvalue weighted by molar-refractivity contribution is 6.02. The fourth-order valence-corrected chi connectivity index (χ4v) is 4.12. The zero-order valence-corrected chi connectivity index (χ0v) is 18.2. The van der Waals surface area contributed by atoms with E-state index in [2.05, 4.69) is 5.32 Å². The van der Waals surface area contributed by atoms with Gasteiger partial charge in [0.2, 0.25) is 0 Å². The number of amides is 1.